The smallest absolute Gasteiger partial charge is 0.275 e. The maximum absolute atomic E-state index is 12.2. The van der Waals surface area contributed by atoms with Crippen LogP contribution in [0.4, 0.5) is 11.5 Å². The van der Waals surface area contributed by atoms with Crippen molar-refractivity contribution in [3.8, 4) is 0 Å². The summed E-state index contributed by atoms with van der Waals surface area (Å²) in [6.45, 7) is 1.98. The molecule has 0 bridgehead atoms. The maximum atomic E-state index is 12.2. The quantitative estimate of drug-likeness (QED) is 0.872. The van der Waals surface area contributed by atoms with Crippen LogP contribution in [0.25, 0.3) is 0 Å². The SMILES string of the molecule is CNc1ccc(Cl)c(C(=O)Nc2ccc(C)c(Br)c2)n1. The Labute approximate surface area is 130 Å². The number of carbonyl (C=O) groups is 1. The predicted molar refractivity (Wildman–Crippen MR) is 85.6 cm³/mol. The molecule has 0 atom stereocenters. The fraction of sp³-hybridized carbons (Fsp3) is 0.143. The van der Waals surface area contributed by atoms with Gasteiger partial charge in [0.15, 0.2) is 0 Å². The van der Waals surface area contributed by atoms with E-state index in [1.165, 1.54) is 0 Å². The van der Waals surface area contributed by atoms with Gasteiger partial charge in [0, 0.05) is 17.2 Å². The highest BCUT2D eigenvalue weighted by Gasteiger charge is 2.13. The molecule has 2 N–H and O–H groups in total. The average molecular weight is 355 g/mol. The summed E-state index contributed by atoms with van der Waals surface area (Å²) < 4.78 is 0.929. The monoisotopic (exact) mass is 353 g/mol. The lowest BCUT2D eigenvalue weighted by molar-refractivity contribution is 0.102. The fourth-order valence-corrected chi connectivity index (χ4v) is 2.17. The minimum atomic E-state index is -0.345. The third-order valence-electron chi connectivity index (χ3n) is 2.75. The van der Waals surface area contributed by atoms with Crippen molar-refractivity contribution in [1.82, 2.24) is 4.98 Å². The first kappa shape index (κ1) is 14.8. The van der Waals surface area contributed by atoms with E-state index in [4.69, 9.17) is 11.6 Å². The molecule has 1 amide bonds. The molecule has 104 valence electrons. The second-order valence-corrected chi connectivity index (χ2v) is 5.46. The highest BCUT2D eigenvalue weighted by atomic mass is 79.9. The highest BCUT2D eigenvalue weighted by Crippen LogP contribution is 2.22. The van der Waals surface area contributed by atoms with Crippen molar-refractivity contribution in [2.24, 2.45) is 0 Å². The molecule has 0 saturated heterocycles. The molecule has 1 heterocycles. The van der Waals surface area contributed by atoms with E-state index in [2.05, 4.69) is 31.5 Å². The van der Waals surface area contributed by atoms with E-state index in [1.54, 1.807) is 19.2 Å². The first-order valence-corrected chi connectivity index (χ1v) is 7.10. The van der Waals surface area contributed by atoms with Gasteiger partial charge in [0.25, 0.3) is 5.91 Å². The fourth-order valence-electron chi connectivity index (χ4n) is 1.60. The van der Waals surface area contributed by atoms with Crippen molar-refractivity contribution in [2.75, 3.05) is 17.7 Å². The molecule has 4 nitrogen and oxygen atoms in total. The summed E-state index contributed by atoms with van der Waals surface area (Å²) in [4.78, 5) is 16.4. The second-order valence-electron chi connectivity index (χ2n) is 4.20. The second kappa shape index (κ2) is 6.24. The molecule has 0 aliphatic heterocycles. The molecule has 0 spiro atoms. The van der Waals surface area contributed by atoms with Gasteiger partial charge in [-0.15, -0.1) is 0 Å². The van der Waals surface area contributed by atoms with Crippen LogP contribution < -0.4 is 10.6 Å². The van der Waals surface area contributed by atoms with Crippen LogP contribution in [-0.4, -0.2) is 17.9 Å². The van der Waals surface area contributed by atoms with Gasteiger partial charge in [-0.05, 0) is 36.8 Å². The number of anilines is 2. The van der Waals surface area contributed by atoms with Crippen LogP contribution in [0.15, 0.2) is 34.8 Å². The largest absolute Gasteiger partial charge is 0.373 e. The van der Waals surface area contributed by atoms with Gasteiger partial charge in [0.05, 0.1) is 5.02 Å². The normalized spacial score (nSPS) is 10.2. The van der Waals surface area contributed by atoms with Crippen LogP contribution in [0.3, 0.4) is 0 Å². The summed E-state index contributed by atoms with van der Waals surface area (Å²) in [5.74, 6) is 0.243. The molecule has 2 rings (SSSR count). The Morgan fingerprint density at radius 1 is 1.30 bits per heavy atom. The van der Waals surface area contributed by atoms with Crippen molar-refractivity contribution in [1.29, 1.82) is 0 Å². The Balaban J connectivity index is 2.25. The van der Waals surface area contributed by atoms with Crippen LogP contribution in [-0.2, 0) is 0 Å². The third-order valence-corrected chi connectivity index (χ3v) is 3.91. The van der Waals surface area contributed by atoms with Crippen molar-refractivity contribution in [3.05, 3.63) is 51.1 Å². The van der Waals surface area contributed by atoms with E-state index in [0.29, 0.717) is 16.5 Å². The van der Waals surface area contributed by atoms with Gasteiger partial charge in [-0.25, -0.2) is 4.98 Å². The van der Waals surface area contributed by atoms with Crippen LogP contribution in [0.5, 0.6) is 0 Å². The average Bonchev–Trinajstić information content (AvgIpc) is 2.43. The summed E-state index contributed by atoms with van der Waals surface area (Å²) in [5.41, 5.74) is 1.96. The molecule has 6 heteroatoms. The van der Waals surface area contributed by atoms with Gasteiger partial charge in [0.2, 0.25) is 0 Å². The van der Waals surface area contributed by atoms with Crippen molar-refractivity contribution in [3.63, 3.8) is 0 Å². The number of nitrogens with zero attached hydrogens (tertiary/aromatic N) is 1. The lowest BCUT2D eigenvalue weighted by Crippen LogP contribution is -2.15. The van der Waals surface area contributed by atoms with Crippen molar-refractivity contribution >= 4 is 44.9 Å². The van der Waals surface area contributed by atoms with Crippen LogP contribution >= 0.6 is 27.5 Å². The summed E-state index contributed by atoms with van der Waals surface area (Å²) in [7, 11) is 1.73. The molecular formula is C14H13BrClN3O. The molecule has 2 aromatic rings. The van der Waals surface area contributed by atoms with Crippen LogP contribution in [0.2, 0.25) is 5.02 Å². The molecule has 0 saturated carbocycles. The lowest BCUT2D eigenvalue weighted by Gasteiger charge is -2.09. The zero-order valence-electron chi connectivity index (χ0n) is 11.0. The number of hydrogen-bond donors (Lipinski definition) is 2. The number of hydrogen-bond acceptors (Lipinski definition) is 3. The van der Waals surface area contributed by atoms with Crippen LogP contribution in [0.1, 0.15) is 16.1 Å². The van der Waals surface area contributed by atoms with E-state index in [0.717, 1.165) is 10.0 Å². The maximum Gasteiger partial charge on any atom is 0.275 e. The molecule has 0 unspecified atom stereocenters. The molecule has 1 aromatic carbocycles. The highest BCUT2D eigenvalue weighted by molar-refractivity contribution is 9.10. The van der Waals surface area contributed by atoms with E-state index in [-0.39, 0.29) is 11.6 Å². The number of rotatable bonds is 3. The standard InChI is InChI=1S/C14H13BrClN3O/c1-8-3-4-9(7-10(8)15)18-14(20)13-11(16)5-6-12(17-2)19-13/h3-7H,1-2H3,(H,17,19)(H,18,20). The number of nitrogens with one attached hydrogen (secondary N) is 2. The van der Waals surface area contributed by atoms with Crippen molar-refractivity contribution < 1.29 is 4.79 Å². The molecule has 20 heavy (non-hydrogen) atoms. The zero-order chi connectivity index (χ0) is 14.7. The molecule has 1 aromatic heterocycles. The minimum absolute atomic E-state index is 0.190. The predicted octanol–water partition coefficient (Wildman–Crippen LogP) is 4.10. The Hall–Kier alpha value is -1.59. The summed E-state index contributed by atoms with van der Waals surface area (Å²) in [5, 5.41) is 5.96. The number of amides is 1. The lowest BCUT2D eigenvalue weighted by atomic mass is 10.2. The van der Waals surface area contributed by atoms with Gasteiger partial charge in [-0.2, -0.15) is 0 Å². The molecule has 0 fully saturated rings. The minimum Gasteiger partial charge on any atom is -0.373 e. The van der Waals surface area contributed by atoms with E-state index in [9.17, 15) is 4.79 Å². The van der Waals surface area contributed by atoms with Gasteiger partial charge >= 0.3 is 0 Å². The molecule has 0 aliphatic rings. The number of aromatic nitrogens is 1. The Kier molecular flexibility index (Phi) is 4.62. The Morgan fingerprint density at radius 2 is 2.05 bits per heavy atom. The summed E-state index contributed by atoms with van der Waals surface area (Å²) in [6, 6.07) is 8.93. The van der Waals surface area contributed by atoms with Gasteiger partial charge in [-0.1, -0.05) is 33.6 Å². The number of pyridine rings is 1. The molecule has 0 radical (unpaired) electrons. The van der Waals surface area contributed by atoms with E-state index in [1.807, 2.05) is 25.1 Å². The van der Waals surface area contributed by atoms with Gasteiger partial charge in [0.1, 0.15) is 11.5 Å². The van der Waals surface area contributed by atoms with E-state index >= 15 is 0 Å². The Bertz CT molecular complexity index is 661. The number of benzene rings is 1. The van der Waals surface area contributed by atoms with Gasteiger partial charge in [-0.3, -0.25) is 4.79 Å². The molecular weight excluding hydrogens is 342 g/mol. The van der Waals surface area contributed by atoms with Crippen LogP contribution in [0, 0.1) is 6.92 Å². The first-order chi connectivity index (χ1) is 9.51. The molecule has 0 aliphatic carbocycles. The third kappa shape index (κ3) is 3.29. The number of aryl methyl sites for hydroxylation is 1. The van der Waals surface area contributed by atoms with Crippen molar-refractivity contribution in [2.45, 2.75) is 6.92 Å². The summed E-state index contributed by atoms with van der Waals surface area (Å²) in [6.07, 6.45) is 0. The topological polar surface area (TPSA) is 54.0 Å². The number of carbonyl (C=O) groups excluding carboxylic acids is 1. The van der Waals surface area contributed by atoms with E-state index < -0.39 is 0 Å². The zero-order valence-corrected chi connectivity index (χ0v) is 13.3. The number of halogens is 2. The van der Waals surface area contributed by atoms with Gasteiger partial charge < -0.3 is 10.6 Å². The first-order valence-electron chi connectivity index (χ1n) is 5.93. The summed E-state index contributed by atoms with van der Waals surface area (Å²) >= 11 is 9.44. The Morgan fingerprint density at radius 3 is 2.70 bits per heavy atom.